The standard InChI is InChI=1S/C15H24N2O2S/c1-11(2)16-8-12-6-7-13(17-9-12)20-10-14(18)19-15(3,4)5/h6-7,9,11,16H,8,10H2,1-5H3. The van der Waals surface area contributed by atoms with Crippen molar-refractivity contribution in [1.82, 2.24) is 10.3 Å². The van der Waals surface area contributed by atoms with Crippen LogP contribution < -0.4 is 5.32 Å². The van der Waals surface area contributed by atoms with Crippen LogP contribution in [0.1, 0.15) is 40.2 Å². The Kier molecular flexibility index (Phi) is 6.49. The highest BCUT2D eigenvalue weighted by atomic mass is 32.2. The van der Waals surface area contributed by atoms with Crippen LogP contribution in [0.5, 0.6) is 0 Å². The summed E-state index contributed by atoms with van der Waals surface area (Å²) in [7, 11) is 0. The minimum atomic E-state index is -0.433. The molecule has 0 fully saturated rings. The molecule has 0 radical (unpaired) electrons. The van der Waals surface area contributed by atoms with E-state index in [9.17, 15) is 4.79 Å². The molecule has 0 saturated carbocycles. The first-order valence-electron chi connectivity index (χ1n) is 6.79. The number of carbonyl (C=O) groups excluding carboxylic acids is 1. The number of esters is 1. The first-order valence-corrected chi connectivity index (χ1v) is 7.78. The summed E-state index contributed by atoms with van der Waals surface area (Å²) >= 11 is 1.40. The molecule has 0 unspecified atom stereocenters. The van der Waals surface area contributed by atoms with Crippen LogP contribution in [0, 0.1) is 0 Å². The van der Waals surface area contributed by atoms with Gasteiger partial charge in [-0.25, -0.2) is 4.98 Å². The summed E-state index contributed by atoms with van der Waals surface area (Å²) in [6.07, 6.45) is 1.84. The summed E-state index contributed by atoms with van der Waals surface area (Å²) in [6.45, 7) is 10.6. The number of pyridine rings is 1. The number of ether oxygens (including phenoxy) is 1. The van der Waals surface area contributed by atoms with Gasteiger partial charge in [-0.15, -0.1) is 0 Å². The van der Waals surface area contributed by atoms with Gasteiger partial charge in [-0.1, -0.05) is 31.7 Å². The molecule has 1 N–H and O–H groups in total. The summed E-state index contributed by atoms with van der Waals surface area (Å²) in [5.74, 6) is 0.0725. The Morgan fingerprint density at radius 2 is 2.10 bits per heavy atom. The molecule has 0 spiro atoms. The van der Waals surface area contributed by atoms with Crippen LogP contribution in [0.25, 0.3) is 0 Å². The lowest BCUT2D eigenvalue weighted by Crippen LogP contribution is -2.24. The molecule has 1 rings (SSSR count). The number of hydrogen-bond acceptors (Lipinski definition) is 5. The van der Waals surface area contributed by atoms with Crippen LogP contribution in [0.4, 0.5) is 0 Å². The van der Waals surface area contributed by atoms with Gasteiger partial charge in [0.25, 0.3) is 0 Å². The third kappa shape index (κ3) is 7.50. The molecule has 0 aliphatic rings. The van der Waals surface area contributed by atoms with Crippen molar-refractivity contribution >= 4 is 17.7 Å². The van der Waals surface area contributed by atoms with Gasteiger partial charge in [0.2, 0.25) is 0 Å². The van der Waals surface area contributed by atoms with E-state index in [2.05, 4.69) is 24.1 Å². The SMILES string of the molecule is CC(C)NCc1ccc(SCC(=O)OC(C)(C)C)nc1. The van der Waals surface area contributed by atoms with Gasteiger partial charge in [0.1, 0.15) is 5.60 Å². The molecule has 1 aromatic rings. The zero-order valence-corrected chi connectivity index (χ0v) is 13.7. The fraction of sp³-hybridized carbons (Fsp3) is 0.600. The number of nitrogens with zero attached hydrogens (tertiary/aromatic N) is 1. The Morgan fingerprint density at radius 1 is 1.40 bits per heavy atom. The van der Waals surface area contributed by atoms with Gasteiger partial charge in [-0.05, 0) is 32.4 Å². The van der Waals surface area contributed by atoms with Crippen molar-refractivity contribution in [3.05, 3.63) is 23.9 Å². The lowest BCUT2D eigenvalue weighted by Gasteiger charge is -2.19. The highest BCUT2D eigenvalue weighted by Gasteiger charge is 2.16. The van der Waals surface area contributed by atoms with Crippen molar-refractivity contribution in [2.45, 2.75) is 57.8 Å². The molecular formula is C15H24N2O2S. The van der Waals surface area contributed by atoms with E-state index in [1.807, 2.05) is 39.1 Å². The van der Waals surface area contributed by atoms with Crippen molar-refractivity contribution in [2.75, 3.05) is 5.75 Å². The Hall–Kier alpha value is -1.07. The van der Waals surface area contributed by atoms with Crippen LogP contribution in [0.3, 0.4) is 0 Å². The Bertz CT molecular complexity index is 424. The van der Waals surface area contributed by atoms with Gasteiger partial charge in [-0.3, -0.25) is 4.79 Å². The van der Waals surface area contributed by atoms with Crippen molar-refractivity contribution in [1.29, 1.82) is 0 Å². The van der Waals surface area contributed by atoms with E-state index in [-0.39, 0.29) is 11.7 Å². The molecule has 20 heavy (non-hydrogen) atoms. The molecule has 4 nitrogen and oxygen atoms in total. The minimum Gasteiger partial charge on any atom is -0.459 e. The predicted octanol–water partition coefficient (Wildman–Crippen LogP) is 3.01. The van der Waals surface area contributed by atoms with Crippen LogP contribution in [-0.2, 0) is 16.1 Å². The van der Waals surface area contributed by atoms with E-state index in [1.165, 1.54) is 11.8 Å². The Labute approximate surface area is 125 Å². The summed E-state index contributed by atoms with van der Waals surface area (Å²) in [5, 5.41) is 4.17. The molecular weight excluding hydrogens is 272 g/mol. The van der Waals surface area contributed by atoms with E-state index in [4.69, 9.17) is 4.74 Å². The van der Waals surface area contributed by atoms with Crippen molar-refractivity contribution < 1.29 is 9.53 Å². The van der Waals surface area contributed by atoms with E-state index in [0.717, 1.165) is 17.1 Å². The quantitative estimate of drug-likeness (QED) is 0.646. The van der Waals surface area contributed by atoms with Gasteiger partial charge >= 0.3 is 5.97 Å². The topological polar surface area (TPSA) is 51.2 Å². The normalized spacial score (nSPS) is 11.7. The smallest absolute Gasteiger partial charge is 0.316 e. The maximum atomic E-state index is 11.6. The van der Waals surface area contributed by atoms with E-state index < -0.39 is 5.60 Å². The molecule has 5 heteroatoms. The molecule has 0 aromatic carbocycles. The molecule has 0 amide bonds. The number of carbonyl (C=O) groups is 1. The summed E-state index contributed by atoms with van der Waals surface area (Å²) in [4.78, 5) is 15.9. The van der Waals surface area contributed by atoms with Crippen LogP contribution in [0.15, 0.2) is 23.4 Å². The van der Waals surface area contributed by atoms with Crippen LogP contribution in [0.2, 0.25) is 0 Å². The average Bonchev–Trinajstić information content (AvgIpc) is 2.33. The lowest BCUT2D eigenvalue weighted by atomic mass is 10.2. The average molecular weight is 296 g/mol. The highest BCUT2D eigenvalue weighted by Crippen LogP contribution is 2.17. The fourth-order valence-corrected chi connectivity index (χ4v) is 2.04. The molecule has 112 valence electrons. The third-order valence-electron chi connectivity index (χ3n) is 2.27. The largest absolute Gasteiger partial charge is 0.459 e. The number of nitrogens with one attached hydrogen (secondary N) is 1. The van der Waals surface area contributed by atoms with Crippen molar-refractivity contribution in [2.24, 2.45) is 0 Å². The molecule has 0 aliphatic carbocycles. The highest BCUT2D eigenvalue weighted by molar-refractivity contribution is 7.99. The van der Waals surface area contributed by atoms with Crippen molar-refractivity contribution in [3.63, 3.8) is 0 Å². The maximum absolute atomic E-state index is 11.6. The lowest BCUT2D eigenvalue weighted by molar-refractivity contribution is -0.151. The molecule has 0 aliphatic heterocycles. The van der Waals surface area contributed by atoms with Crippen LogP contribution in [-0.4, -0.2) is 28.3 Å². The molecule has 0 saturated heterocycles. The van der Waals surface area contributed by atoms with E-state index in [1.54, 1.807) is 0 Å². The predicted molar refractivity (Wildman–Crippen MR) is 82.8 cm³/mol. The monoisotopic (exact) mass is 296 g/mol. The number of thioether (sulfide) groups is 1. The number of hydrogen-bond donors (Lipinski definition) is 1. The number of aromatic nitrogens is 1. The van der Waals surface area contributed by atoms with Crippen LogP contribution >= 0.6 is 11.8 Å². The van der Waals surface area contributed by atoms with E-state index >= 15 is 0 Å². The molecule has 1 aromatic heterocycles. The summed E-state index contributed by atoms with van der Waals surface area (Å²) in [6, 6.07) is 4.42. The number of rotatable bonds is 6. The van der Waals surface area contributed by atoms with Crippen molar-refractivity contribution in [3.8, 4) is 0 Å². The first kappa shape index (κ1) is 17.0. The zero-order valence-electron chi connectivity index (χ0n) is 12.9. The second kappa shape index (κ2) is 7.64. The molecule has 0 atom stereocenters. The van der Waals surface area contributed by atoms with Gasteiger partial charge in [0, 0.05) is 18.8 Å². The Balaban J connectivity index is 2.40. The van der Waals surface area contributed by atoms with E-state index in [0.29, 0.717) is 6.04 Å². The Morgan fingerprint density at radius 3 is 2.60 bits per heavy atom. The fourth-order valence-electron chi connectivity index (χ4n) is 1.43. The first-order chi connectivity index (χ1) is 9.26. The third-order valence-corrected chi connectivity index (χ3v) is 3.19. The summed E-state index contributed by atoms with van der Waals surface area (Å²) < 4.78 is 5.25. The second-order valence-corrected chi connectivity index (χ2v) is 6.91. The molecule has 0 bridgehead atoms. The molecule has 1 heterocycles. The summed E-state index contributed by atoms with van der Waals surface area (Å²) in [5.41, 5.74) is 0.706. The van der Waals surface area contributed by atoms with Gasteiger partial charge in [-0.2, -0.15) is 0 Å². The second-order valence-electron chi connectivity index (χ2n) is 5.92. The van der Waals surface area contributed by atoms with Gasteiger partial charge in [0.05, 0.1) is 10.8 Å². The van der Waals surface area contributed by atoms with Gasteiger partial charge in [0.15, 0.2) is 0 Å². The maximum Gasteiger partial charge on any atom is 0.316 e. The zero-order chi connectivity index (χ0) is 15.2. The minimum absolute atomic E-state index is 0.213. The van der Waals surface area contributed by atoms with Gasteiger partial charge < -0.3 is 10.1 Å².